The summed E-state index contributed by atoms with van der Waals surface area (Å²) >= 11 is 1.57. The molecule has 0 aliphatic rings. The SMILES string of the molecule is Cc1ccc(-c2nc(CC(=O)Nc3ccccc3C)cs2)cc1. The molecule has 0 radical (unpaired) electrons. The third-order valence-electron chi connectivity index (χ3n) is 3.61. The van der Waals surface area contributed by atoms with Gasteiger partial charge in [0.2, 0.25) is 5.91 Å². The van der Waals surface area contributed by atoms with Crippen LogP contribution in [0.5, 0.6) is 0 Å². The largest absolute Gasteiger partial charge is 0.326 e. The summed E-state index contributed by atoms with van der Waals surface area (Å²) in [6, 6.07) is 16.0. The van der Waals surface area contributed by atoms with Gasteiger partial charge in [0, 0.05) is 16.6 Å². The van der Waals surface area contributed by atoms with Crippen molar-refractivity contribution in [3.05, 3.63) is 70.7 Å². The quantitative estimate of drug-likeness (QED) is 0.762. The molecule has 0 aliphatic carbocycles. The predicted molar refractivity (Wildman–Crippen MR) is 95.8 cm³/mol. The van der Waals surface area contributed by atoms with Crippen molar-refractivity contribution in [1.82, 2.24) is 4.98 Å². The van der Waals surface area contributed by atoms with Gasteiger partial charge in [-0.2, -0.15) is 0 Å². The number of rotatable bonds is 4. The zero-order valence-electron chi connectivity index (χ0n) is 13.2. The minimum absolute atomic E-state index is 0.0416. The highest BCUT2D eigenvalue weighted by atomic mass is 32.1. The second kappa shape index (κ2) is 6.75. The molecule has 0 aliphatic heterocycles. The van der Waals surface area contributed by atoms with Crippen LogP contribution >= 0.6 is 11.3 Å². The summed E-state index contributed by atoms with van der Waals surface area (Å²) in [6.45, 7) is 4.04. The molecular weight excluding hydrogens is 304 g/mol. The molecule has 3 rings (SSSR count). The fourth-order valence-electron chi connectivity index (χ4n) is 2.29. The van der Waals surface area contributed by atoms with Crippen molar-refractivity contribution in [2.45, 2.75) is 20.3 Å². The Morgan fingerprint density at radius 2 is 1.83 bits per heavy atom. The van der Waals surface area contributed by atoms with E-state index in [2.05, 4.69) is 41.5 Å². The van der Waals surface area contributed by atoms with E-state index in [0.717, 1.165) is 27.5 Å². The van der Waals surface area contributed by atoms with Crippen LogP contribution < -0.4 is 5.32 Å². The van der Waals surface area contributed by atoms with Crippen LogP contribution in [0.3, 0.4) is 0 Å². The lowest BCUT2D eigenvalue weighted by molar-refractivity contribution is -0.115. The lowest BCUT2D eigenvalue weighted by atomic mass is 10.2. The molecule has 1 amide bonds. The van der Waals surface area contributed by atoms with Gasteiger partial charge >= 0.3 is 0 Å². The summed E-state index contributed by atoms with van der Waals surface area (Å²) in [5.74, 6) is -0.0416. The highest BCUT2D eigenvalue weighted by Gasteiger charge is 2.10. The van der Waals surface area contributed by atoms with Crippen LogP contribution in [0, 0.1) is 13.8 Å². The van der Waals surface area contributed by atoms with Crippen LogP contribution in [0.2, 0.25) is 0 Å². The molecule has 1 N–H and O–H groups in total. The van der Waals surface area contributed by atoms with E-state index in [4.69, 9.17) is 0 Å². The summed E-state index contributed by atoms with van der Waals surface area (Å²) in [4.78, 5) is 16.7. The van der Waals surface area contributed by atoms with E-state index < -0.39 is 0 Å². The molecule has 116 valence electrons. The van der Waals surface area contributed by atoms with Crippen molar-refractivity contribution in [1.29, 1.82) is 0 Å². The Hall–Kier alpha value is -2.46. The Balaban J connectivity index is 1.68. The topological polar surface area (TPSA) is 42.0 Å². The molecular formula is C19H18N2OS. The molecule has 0 unspecified atom stereocenters. The van der Waals surface area contributed by atoms with Crippen molar-refractivity contribution in [3.8, 4) is 10.6 Å². The van der Waals surface area contributed by atoms with E-state index in [1.54, 1.807) is 11.3 Å². The van der Waals surface area contributed by atoms with E-state index >= 15 is 0 Å². The molecule has 0 saturated heterocycles. The molecule has 0 bridgehead atoms. The van der Waals surface area contributed by atoms with E-state index in [1.165, 1.54) is 5.56 Å². The number of thiazole rings is 1. The van der Waals surface area contributed by atoms with Crippen LogP contribution in [0.4, 0.5) is 5.69 Å². The molecule has 0 saturated carbocycles. The molecule has 3 nitrogen and oxygen atoms in total. The predicted octanol–water partition coefficient (Wildman–Crippen LogP) is 4.61. The maximum atomic E-state index is 12.2. The minimum atomic E-state index is -0.0416. The zero-order chi connectivity index (χ0) is 16.2. The van der Waals surface area contributed by atoms with Gasteiger partial charge in [-0.25, -0.2) is 4.98 Å². The maximum Gasteiger partial charge on any atom is 0.230 e. The Labute approximate surface area is 140 Å². The first-order valence-electron chi connectivity index (χ1n) is 7.49. The second-order valence-electron chi connectivity index (χ2n) is 5.55. The molecule has 1 heterocycles. The lowest BCUT2D eigenvalue weighted by Crippen LogP contribution is -2.15. The zero-order valence-corrected chi connectivity index (χ0v) is 14.0. The number of amides is 1. The fraction of sp³-hybridized carbons (Fsp3) is 0.158. The molecule has 23 heavy (non-hydrogen) atoms. The number of nitrogens with one attached hydrogen (secondary N) is 1. The van der Waals surface area contributed by atoms with Gasteiger partial charge in [-0.3, -0.25) is 4.79 Å². The molecule has 0 fully saturated rings. The van der Waals surface area contributed by atoms with Crippen LogP contribution in [0.25, 0.3) is 10.6 Å². The number of carbonyl (C=O) groups is 1. The summed E-state index contributed by atoms with van der Waals surface area (Å²) in [6.07, 6.45) is 0.288. The molecule has 1 aromatic heterocycles. The molecule has 3 aromatic rings. The third-order valence-corrected chi connectivity index (χ3v) is 4.55. The van der Waals surface area contributed by atoms with Gasteiger partial charge in [0.15, 0.2) is 0 Å². The first kappa shape index (κ1) is 15.4. The first-order chi connectivity index (χ1) is 11.1. The highest BCUT2D eigenvalue weighted by molar-refractivity contribution is 7.13. The number of carbonyl (C=O) groups excluding carboxylic acids is 1. The van der Waals surface area contributed by atoms with Gasteiger partial charge in [0.05, 0.1) is 12.1 Å². The van der Waals surface area contributed by atoms with Crippen molar-refractivity contribution < 1.29 is 4.79 Å². The summed E-state index contributed by atoms with van der Waals surface area (Å²) < 4.78 is 0. The van der Waals surface area contributed by atoms with E-state index in [1.807, 2.05) is 36.6 Å². The normalized spacial score (nSPS) is 10.5. The van der Waals surface area contributed by atoms with Gasteiger partial charge in [-0.15, -0.1) is 11.3 Å². The van der Waals surface area contributed by atoms with E-state index in [9.17, 15) is 4.79 Å². The maximum absolute atomic E-state index is 12.2. The standard InChI is InChI=1S/C19H18N2OS/c1-13-7-9-15(10-8-13)19-20-16(12-23-19)11-18(22)21-17-6-4-3-5-14(17)2/h3-10,12H,11H2,1-2H3,(H,21,22). The average molecular weight is 322 g/mol. The van der Waals surface area contributed by atoms with Gasteiger partial charge < -0.3 is 5.32 Å². The minimum Gasteiger partial charge on any atom is -0.326 e. The second-order valence-corrected chi connectivity index (χ2v) is 6.41. The van der Waals surface area contributed by atoms with Crippen LogP contribution in [0.1, 0.15) is 16.8 Å². The van der Waals surface area contributed by atoms with Gasteiger partial charge in [-0.1, -0.05) is 48.0 Å². The molecule has 4 heteroatoms. The monoisotopic (exact) mass is 322 g/mol. The van der Waals surface area contributed by atoms with E-state index in [0.29, 0.717) is 0 Å². The van der Waals surface area contributed by atoms with Crippen molar-refractivity contribution in [2.24, 2.45) is 0 Å². The molecule has 0 atom stereocenters. The number of aryl methyl sites for hydroxylation is 2. The first-order valence-corrected chi connectivity index (χ1v) is 8.37. The Morgan fingerprint density at radius 1 is 1.09 bits per heavy atom. The molecule has 2 aromatic carbocycles. The van der Waals surface area contributed by atoms with Crippen molar-refractivity contribution in [3.63, 3.8) is 0 Å². The Morgan fingerprint density at radius 3 is 2.57 bits per heavy atom. The van der Waals surface area contributed by atoms with Crippen molar-refractivity contribution >= 4 is 22.9 Å². The van der Waals surface area contributed by atoms with Crippen LogP contribution in [-0.4, -0.2) is 10.9 Å². The highest BCUT2D eigenvalue weighted by Crippen LogP contribution is 2.24. The average Bonchev–Trinajstić information content (AvgIpc) is 2.98. The summed E-state index contributed by atoms with van der Waals surface area (Å²) in [5, 5.41) is 5.84. The number of para-hydroxylation sites is 1. The summed E-state index contributed by atoms with van der Waals surface area (Å²) in [7, 11) is 0. The van der Waals surface area contributed by atoms with Gasteiger partial charge in [0.25, 0.3) is 0 Å². The smallest absolute Gasteiger partial charge is 0.230 e. The number of aromatic nitrogens is 1. The lowest BCUT2D eigenvalue weighted by Gasteiger charge is -2.06. The number of hydrogen-bond donors (Lipinski definition) is 1. The number of nitrogens with zero attached hydrogens (tertiary/aromatic N) is 1. The van der Waals surface area contributed by atoms with Crippen LogP contribution in [0.15, 0.2) is 53.9 Å². The summed E-state index contributed by atoms with van der Waals surface area (Å²) in [5.41, 5.74) is 5.02. The van der Waals surface area contributed by atoms with Gasteiger partial charge in [0.1, 0.15) is 5.01 Å². The Kier molecular flexibility index (Phi) is 4.53. The fourth-order valence-corrected chi connectivity index (χ4v) is 3.11. The number of anilines is 1. The third kappa shape index (κ3) is 3.85. The van der Waals surface area contributed by atoms with Crippen LogP contribution in [-0.2, 0) is 11.2 Å². The molecule has 0 spiro atoms. The number of hydrogen-bond acceptors (Lipinski definition) is 3. The van der Waals surface area contributed by atoms with E-state index in [-0.39, 0.29) is 12.3 Å². The van der Waals surface area contributed by atoms with Crippen molar-refractivity contribution in [2.75, 3.05) is 5.32 Å². The number of benzene rings is 2. The Bertz CT molecular complexity index is 821. The van der Waals surface area contributed by atoms with Gasteiger partial charge in [-0.05, 0) is 25.5 Å².